The van der Waals surface area contributed by atoms with Gasteiger partial charge in [-0.15, -0.1) is 0 Å². The molecule has 0 saturated carbocycles. The largest absolute Gasteiger partial charge is 0.416 e. The maximum Gasteiger partial charge on any atom is 0.416 e. The highest BCUT2D eigenvalue weighted by Gasteiger charge is 2.30. The van der Waals surface area contributed by atoms with E-state index in [1.54, 1.807) is 0 Å². The molecule has 1 aliphatic heterocycles. The lowest BCUT2D eigenvalue weighted by Crippen LogP contribution is -2.31. The van der Waals surface area contributed by atoms with Gasteiger partial charge in [0.15, 0.2) is 0 Å². The molecule has 0 spiro atoms. The summed E-state index contributed by atoms with van der Waals surface area (Å²) in [5, 5.41) is 3.14. The monoisotopic (exact) mass is 384 g/mol. The number of fused-ring (bicyclic) bond motifs is 1. The fourth-order valence-electron chi connectivity index (χ4n) is 3.39. The van der Waals surface area contributed by atoms with Crippen molar-refractivity contribution in [1.29, 1.82) is 0 Å². The van der Waals surface area contributed by atoms with Gasteiger partial charge in [-0.3, -0.25) is 0 Å². The Morgan fingerprint density at radius 3 is 2.54 bits per heavy atom. The summed E-state index contributed by atoms with van der Waals surface area (Å²) < 4.78 is 38.2. The average molecular weight is 384 g/mol. The van der Waals surface area contributed by atoms with Gasteiger partial charge in [-0.05, 0) is 55.3 Å². The maximum atomic E-state index is 12.7. The summed E-state index contributed by atoms with van der Waals surface area (Å²) in [5.41, 5.74) is 4.19. The van der Waals surface area contributed by atoms with Crippen LogP contribution in [0, 0.1) is 6.92 Å². The van der Waals surface area contributed by atoms with E-state index in [-0.39, 0.29) is 0 Å². The van der Waals surface area contributed by atoms with Crippen LogP contribution in [0.25, 0.3) is 0 Å². The molecular formula is C21H19F3N4. The standard InChI is InChI=1S/C21H19F3N4/c1-14-3-2-4-17(11-14)28-10-9-18-19(12-28)25-13-26-20(18)27-16-7-5-15(6-8-16)21(22,23)24/h2-8,11,13H,9-10,12H2,1H3,(H,25,26,27). The lowest BCUT2D eigenvalue weighted by Gasteiger charge is -2.31. The van der Waals surface area contributed by atoms with Crippen molar-refractivity contribution in [3.05, 3.63) is 77.2 Å². The molecule has 1 aliphatic rings. The van der Waals surface area contributed by atoms with E-state index in [2.05, 4.69) is 45.3 Å². The van der Waals surface area contributed by atoms with Crippen LogP contribution >= 0.6 is 0 Å². The van der Waals surface area contributed by atoms with Crippen LogP contribution in [0.5, 0.6) is 0 Å². The van der Waals surface area contributed by atoms with Crippen molar-refractivity contribution in [2.24, 2.45) is 0 Å². The first-order chi connectivity index (χ1) is 13.4. The SMILES string of the molecule is Cc1cccc(N2CCc3c(ncnc3Nc3ccc(C(F)(F)F)cc3)C2)c1. The Labute approximate surface area is 161 Å². The molecule has 144 valence electrons. The molecule has 4 nitrogen and oxygen atoms in total. The van der Waals surface area contributed by atoms with Crippen molar-refractivity contribution in [2.75, 3.05) is 16.8 Å². The molecule has 1 aromatic heterocycles. The number of rotatable bonds is 3. The van der Waals surface area contributed by atoms with E-state index in [9.17, 15) is 13.2 Å². The second kappa shape index (κ2) is 7.14. The smallest absolute Gasteiger partial charge is 0.365 e. The zero-order valence-corrected chi connectivity index (χ0v) is 15.3. The highest BCUT2D eigenvalue weighted by Crippen LogP contribution is 2.32. The number of hydrogen-bond donors (Lipinski definition) is 1. The first-order valence-corrected chi connectivity index (χ1v) is 8.99. The molecule has 0 atom stereocenters. The molecule has 0 radical (unpaired) electrons. The van der Waals surface area contributed by atoms with Crippen LogP contribution in [0.2, 0.25) is 0 Å². The van der Waals surface area contributed by atoms with Crippen LogP contribution in [0.4, 0.5) is 30.4 Å². The maximum absolute atomic E-state index is 12.7. The topological polar surface area (TPSA) is 41.1 Å². The van der Waals surface area contributed by atoms with Gasteiger partial charge in [0.25, 0.3) is 0 Å². The number of alkyl halides is 3. The molecular weight excluding hydrogens is 365 g/mol. The molecule has 0 saturated heterocycles. The molecule has 3 aromatic rings. The van der Waals surface area contributed by atoms with Gasteiger partial charge >= 0.3 is 6.18 Å². The number of nitrogens with zero attached hydrogens (tertiary/aromatic N) is 3. The number of nitrogens with one attached hydrogen (secondary N) is 1. The number of anilines is 3. The predicted molar refractivity (Wildman–Crippen MR) is 103 cm³/mol. The molecule has 0 unspecified atom stereocenters. The molecule has 2 aromatic carbocycles. The van der Waals surface area contributed by atoms with Crippen molar-refractivity contribution in [3.8, 4) is 0 Å². The Morgan fingerprint density at radius 2 is 1.82 bits per heavy atom. The minimum atomic E-state index is -4.34. The fourth-order valence-corrected chi connectivity index (χ4v) is 3.39. The number of benzene rings is 2. The van der Waals surface area contributed by atoms with Crippen LogP contribution in [-0.4, -0.2) is 16.5 Å². The van der Waals surface area contributed by atoms with Crippen LogP contribution in [0.15, 0.2) is 54.9 Å². The van der Waals surface area contributed by atoms with Gasteiger partial charge in [0.2, 0.25) is 0 Å². The summed E-state index contributed by atoms with van der Waals surface area (Å²) in [6.07, 6.45) is -2.09. The van der Waals surface area contributed by atoms with E-state index in [0.29, 0.717) is 18.1 Å². The Balaban J connectivity index is 1.55. The first-order valence-electron chi connectivity index (χ1n) is 8.99. The number of halogens is 3. The summed E-state index contributed by atoms with van der Waals surface area (Å²) in [6, 6.07) is 13.3. The Bertz CT molecular complexity index is 984. The zero-order chi connectivity index (χ0) is 19.7. The second-order valence-electron chi connectivity index (χ2n) is 6.86. The third kappa shape index (κ3) is 3.78. The normalized spacial score (nSPS) is 13.9. The molecule has 1 N–H and O–H groups in total. The number of hydrogen-bond acceptors (Lipinski definition) is 4. The van der Waals surface area contributed by atoms with Crippen LogP contribution in [0.1, 0.15) is 22.4 Å². The number of aromatic nitrogens is 2. The van der Waals surface area contributed by atoms with E-state index < -0.39 is 11.7 Å². The van der Waals surface area contributed by atoms with Crippen LogP contribution in [0.3, 0.4) is 0 Å². The van der Waals surface area contributed by atoms with Crippen molar-refractivity contribution >= 4 is 17.2 Å². The fraction of sp³-hybridized carbons (Fsp3) is 0.238. The van der Waals surface area contributed by atoms with Crippen molar-refractivity contribution in [3.63, 3.8) is 0 Å². The molecule has 0 bridgehead atoms. The molecule has 28 heavy (non-hydrogen) atoms. The minimum Gasteiger partial charge on any atom is -0.365 e. The molecule has 0 fully saturated rings. The van der Waals surface area contributed by atoms with Gasteiger partial charge in [-0.25, -0.2) is 9.97 Å². The van der Waals surface area contributed by atoms with Gasteiger partial charge in [-0.2, -0.15) is 13.2 Å². The van der Waals surface area contributed by atoms with E-state index in [1.165, 1.54) is 24.0 Å². The first kappa shape index (κ1) is 18.3. The van der Waals surface area contributed by atoms with Crippen molar-refractivity contribution in [1.82, 2.24) is 9.97 Å². The van der Waals surface area contributed by atoms with Crippen molar-refractivity contribution in [2.45, 2.75) is 26.1 Å². The second-order valence-corrected chi connectivity index (χ2v) is 6.86. The average Bonchev–Trinajstić information content (AvgIpc) is 2.67. The van der Waals surface area contributed by atoms with Gasteiger partial charge in [-0.1, -0.05) is 12.1 Å². The summed E-state index contributed by atoms with van der Waals surface area (Å²) >= 11 is 0. The van der Waals surface area contributed by atoms with Gasteiger partial charge < -0.3 is 10.2 Å². The lowest BCUT2D eigenvalue weighted by molar-refractivity contribution is -0.137. The molecule has 4 rings (SSSR count). The quantitative estimate of drug-likeness (QED) is 0.681. The van der Waals surface area contributed by atoms with Gasteiger partial charge in [0, 0.05) is 23.5 Å². The summed E-state index contributed by atoms with van der Waals surface area (Å²) in [7, 11) is 0. The molecule has 7 heteroatoms. The van der Waals surface area contributed by atoms with Crippen molar-refractivity contribution < 1.29 is 13.2 Å². The Morgan fingerprint density at radius 1 is 1.04 bits per heavy atom. The molecule has 0 aliphatic carbocycles. The molecule has 0 amide bonds. The highest BCUT2D eigenvalue weighted by atomic mass is 19.4. The summed E-state index contributed by atoms with van der Waals surface area (Å²) in [6.45, 7) is 3.56. The van der Waals surface area contributed by atoms with Crippen LogP contribution in [-0.2, 0) is 19.1 Å². The summed E-state index contributed by atoms with van der Waals surface area (Å²) in [4.78, 5) is 11.0. The van der Waals surface area contributed by atoms with E-state index in [4.69, 9.17) is 0 Å². The predicted octanol–water partition coefficient (Wildman–Crippen LogP) is 5.11. The summed E-state index contributed by atoms with van der Waals surface area (Å²) in [5.74, 6) is 0.647. The number of aryl methyl sites for hydroxylation is 1. The van der Waals surface area contributed by atoms with E-state index >= 15 is 0 Å². The highest BCUT2D eigenvalue weighted by molar-refractivity contribution is 5.62. The lowest BCUT2D eigenvalue weighted by atomic mass is 10.0. The van der Waals surface area contributed by atoms with Gasteiger partial charge in [0.05, 0.1) is 17.8 Å². The Hall–Kier alpha value is -3.09. The van der Waals surface area contributed by atoms with E-state index in [1.807, 2.05) is 6.07 Å². The minimum absolute atomic E-state index is 0.565. The van der Waals surface area contributed by atoms with Gasteiger partial charge in [0.1, 0.15) is 12.1 Å². The zero-order valence-electron chi connectivity index (χ0n) is 15.3. The Kier molecular flexibility index (Phi) is 4.66. The molecule has 2 heterocycles. The third-order valence-corrected chi connectivity index (χ3v) is 4.85. The van der Waals surface area contributed by atoms with Crippen LogP contribution < -0.4 is 10.2 Å². The van der Waals surface area contributed by atoms with E-state index in [0.717, 1.165) is 42.0 Å². The third-order valence-electron chi connectivity index (χ3n) is 4.85.